The predicted molar refractivity (Wildman–Crippen MR) is 129 cm³/mol. The van der Waals surface area contributed by atoms with E-state index in [0.29, 0.717) is 56.4 Å². The van der Waals surface area contributed by atoms with E-state index < -0.39 is 0 Å². The average Bonchev–Trinajstić information content (AvgIpc) is 3.26. The molecule has 0 saturated carbocycles. The molecule has 0 spiro atoms. The molecular weight excluding hydrogens is 432 g/mol. The van der Waals surface area contributed by atoms with Gasteiger partial charge in [-0.05, 0) is 49.6 Å². The zero-order valence-corrected chi connectivity index (χ0v) is 19.8. The molecule has 0 atom stereocenters. The number of amides is 2. The maximum atomic E-state index is 13.1. The number of hydrogen-bond donors (Lipinski definition) is 1. The van der Waals surface area contributed by atoms with Crippen LogP contribution in [0.4, 0.5) is 5.69 Å². The molecule has 1 aliphatic heterocycles. The minimum atomic E-state index is -0.297. The number of aryl methyl sites for hydroxylation is 3. The Bertz CT molecular complexity index is 1140. The minimum absolute atomic E-state index is 0.156. The monoisotopic (exact) mass is 462 g/mol. The highest BCUT2D eigenvalue weighted by Gasteiger charge is 2.26. The van der Waals surface area contributed by atoms with Gasteiger partial charge in [0.2, 0.25) is 0 Å². The molecule has 0 radical (unpaired) electrons. The highest BCUT2D eigenvalue weighted by atomic mass is 16.5. The Labute approximate surface area is 199 Å². The third kappa shape index (κ3) is 5.12. The van der Waals surface area contributed by atoms with Crippen LogP contribution in [-0.2, 0) is 17.9 Å². The maximum absolute atomic E-state index is 13.1. The molecule has 1 fully saturated rings. The third-order valence-corrected chi connectivity index (χ3v) is 5.90. The number of benzene rings is 2. The van der Waals surface area contributed by atoms with E-state index in [1.54, 1.807) is 21.7 Å². The fraction of sp³-hybridized carbons (Fsp3) is 0.346. The van der Waals surface area contributed by atoms with Crippen LogP contribution in [0.5, 0.6) is 5.75 Å². The van der Waals surface area contributed by atoms with Crippen molar-refractivity contribution >= 4 is 17.5 Å². The summed E-state index contributed by atoms with van der Waals surface area (Å²) in [6, 6.07) is 13.3. The first-order chi connectivity index (χ1) is 16.5. The van der Waals surface area contributed by atoms with Gasteiger partial charge >= 0.3 is 0 Å². The van der Waals surface area contributed by atoms with Gasteiger partial charge in [0.25, 0.3) is 11.8 Å². The second kappa shape index (κ2) is 10.5. The molecule has 1 saturated heterocycles. The van der Waals surface area contributed by atoms with Crippen molar-refractivity contribution < 1.29 is 19.1 Å². The lowest BCUT2D eigenvalue weighted by Crippen LogP contribution is -2.41. The molecule has 34 heavy (non-hydrogen) atoms. The molecule has 1 aliphatic rings. The van der Waals surface area contributed by atoms with E-state index in [1.165, 1.54) is 6.20 Å². The first kappa shape index (κ1) is 23.5. The highest BCUT2D eigenvalue weighted by molar-refractivity contribution is 6.08. The van der Waals surface area contributed by atoms with E-state index in [1.807, 2.05) is 51.1 Å². The van der Waals surface area contributed by atoms with Crippen LogP contribution >= 0.6 is 0 Å². The van der Waals surface area contributed by atoms with Gasteiger partial charge in [0.05, 0.1) is 25.1 Å². The standard InChI is InChI=1S/C26H30N4O4/c1-4-30-23(26(32)29-12-14-33-15-13-29)22(16-27-30)28-25(31)21-10-8-20(9-11-21)17-34-24-18(2)6-5-7-19(24)3/h5-11,16H,4,12-15,17H2,1-3H3,(H,28,31). The number of rotatable bonds is 7. The fourth-order valence-electron chi connectivity index (χ4n) is 3.99. The molecule has 4 rings (SSSR count). The summed E-state index contributed by atoms with van der Waals surface area (Å²) in [4.78, 5) is 27.8. The first-order valence-corrected chi connectivity index (χ1v) is 11.5. The van der Waals surface area contributed by atoms with Crippen LogP contribution in [0.25, 0.3) is 0 Å². The summed E-state index contributed by atoms with van der Waals surface area (Å²) in [6.45, 7) is 8.95. The van der Waals surface area contributed by atoms with Gasteiger partial charge in [0.15, 0.2) is 0 Å². The van der Waals surface area contributed by atoms with E-state index in [9.17, 15) is 9.59 Å². The zero-order chi connectivity index (χ0) is 24.1. The molecule has 0 unspecified atom stereocenters. The third-order valence-electron chi connectivity index (χ3n) is 5.90. The summed E-state index contributed by atoms with van der Waals surface area (Å²) >= 11 is 0. The summed E-state index contributed by atoms with van der Waals surface area (Å²) < 4.78 is 13.0. The molecule has 8 nitrogen and oxygen atoms in total. The number of morpholine rings is 1. The SMILES string of the molecule is CCn1ncc(NC(=O)c2ccc(COc3c(C)cccc3C)cc2)c1C(=O)N1CCOCC1. The predicted octanol–water partition coefficient (Wildman–Crippen LogP) is 3.82. The second-order valence-electron chi connectivity index (χ2n) is 8.29. The van der Waals surface area contributed by atoms with Gasteiger partial charge in [0.1, 0.15) is 18.1 Å². The average molecular weight is 463 g/mol. The molecule has 2 heterocycles. The normalized spacial score (nSPS) is 13.6. The van der Waals surface area contributed by atoms with Crippen LogP contribution in [0.3, 0.4) is 0 Å². The number of anilines is 1. The Morgan fingerprint density at radius 3 is 2.38 bits per heavy atom. The van der Waals surface area contributed by atoms with Gasteiger partial charge in [-0.1, -0.05) is 30.3 Å². The van der Waals surface area contributed by atoms with Gasteiger partial charge in [0, 0.05) is 25.2 Å². The van der Waals surface area contributed by atoms with E-state index >= 15 is 0 Å². The number of para-hydroxylation sites is 1. The fourth-order valence-corrected chi connectivity index (χ4v) is 3.99. The number of carbonyl (C=O) groups excluding carboxylic acids is 2. The van der Waals surface area contributed by atoms with Crippen LogP contribution < -0.4 is 10.1 Å². The molecule has 2 amide bonds. The lowest BCUT2D eigenvalue weighted by atomic mass is 10.1. The Hall–Kier alpha value is -3.65. The molecule has 0 aliphatic carbocycles. The molecule has 3 aromatic rings. The summed E-state index contributed by atoms with van der Waals surface area (Å²) in [7, 11) is 0. The van der Waals surface area contributed by atoms with Crippen molar-refractivity contribution in [1.29, 1.82) is 0 Å². The van der Waals surface area contributed by atoms with Crippen LogP contribution in [0.1, 0.15) is 44.5 Å². The van der Waals surface area contributed by atoms with Crippen molar-refractivity contribution in [3.63, 3.8) is 0 Å². The number of carbonyl (C=O) groups is 2. The van der Waals surface area contributed by atoms with Crippen molar-refractivity contribution in [2.24, 2.45) is 0 Å². The maximum Gasteiger partial charge on any atom is 0.274 e. The quantitative estimate of drug-likeness (QED) is 0.577. The van der Waals surface area contributed by atoms with Gasteiger partial charge in [-0.15, -0.1) is 0 Å². The largest absolute Gasteiger partial charge is 0.488 e. The topological polar surface area (TPSA) is 85.7 Å². The van der Waals surface area contributed by atoms with Crippen molar-refractivity contribution in [2.45, 2.75) is 33.9 Å². The molecule has 2 aromatic carbocycles. The molecule has 1 N–H and O–H groups in total. The number of hydrogen-bond acceptors (Lipinski definition) is 5. The number of nitrogens with one attached hydrogen (secondary N) is 1. The smallest absolute Gasteiger partial charge is 0.274 e. The Kier molecular flexibility index (Phi) is 7.27. The molecule has 8 heteroatoms. The number of nitrogens with zero attached hydrogens (tertiary/aromatic N) is 3. The van der Waals surface area contributed by atoms with Crippen molar-refractivity contribution in [1.82, 2.24) is 14.7 Å². The van der Waals surface area contributed by atoms with Gasteiger partial charge in [-0.2, -0.15) is 5.10 Å². The Balaban J connectivity index is 1.44. The van der Waals surface area contributed by atoms with Crippen molar-refractivity contribution in [3.8, 4) is 5.75 Å². The molecule has 0 bridgehead atoms. The molecule has 1 aromatic heterocycles. The summed E-state index contributed by atoms with van der Waals surface area (Å²) in [5.74, 6) is 0.431. The van der Waals surface area contributed by atoms with Crippen LogP contribution in [0.2, 0.25) is 0 Å². The highest BCUT2D eigenvalue weighted by Crippen LogP contribution is 2.24. The van der Waals surface area contributed by atoms with Crippen LogP contribution in [0.15, 0.2) is 48.7 Å². The van der Waals surface area contributed by atoms with Crippen molar-refractivity contribution in [3.05, 3.63) is 76.6 Å². The van der Waals surface area contributed by atoms with E-state index in [0.717, 1.165) is 22.4 Å². The zero-order valence-electron chi connectivity index (χ0n) is 19.8. The summed E-state index contributed by atoms with van der Waals surface area (Å²) in [5.41, 5.74) is 4.42. The van der Waals surface area contributed by atoms with Gasteiger partial charge in [-0.3, -0.25) is 14.3 Å². The summed E-state index contributed by atoms with van der Waals surface area (Å²) in [6.07, 6.45) is 1.53. The van der Waals surface area contributed by atoms with Gasteiger partial charge in [-0.25, -0.2) is 0 Å². The first-order valence-electron chi connectivity index (χ1n) is 11.5. The Morgan fingerprint density at radius 1 is 1.06 bits per heavy atom. The van der Waals surface area contributed by atoms with Crippen LogP contribution in [-0.4, -0.2) is 52.8 Å². The lowest BCUT2D eigenvalue weighted by Gasteiger charge is -2.27. The van der Waals surface area contributed by atoms with E-state index in [-0.39, 0.29) is 11.8 Å². The van der Waals surface area contributed by atoms with E-state index in [2.05, 4.69) is 10.4 Å². The van der Waals surface area contributed by atoms with Crippen molar-refractivity contribution in [2.75, 3.05) is 31.6 Å². The van der Waals surface area contributed by atoms with Gasteiger partial charge < -0.3 is 19.7 Å². The number of ether oxygens (including phenoxy) is 2. The number of aromatic nitrogens is 2. The van der Waals surface area contributed by atoms with Crippen LogP contribution in [0, 0.1) is 13.8 Å². The summed E-state index contributed by atoms with van der Waals surface area (Å²) in [5, 5.41) is 7.15. The lowest BCUT2D eigenvalue weighted by molar-refractivity contribution is 0.0295. The van der Waals surface area contributed by atoms with E-state index in [4.69, 9.17) is 9.47 Å². The Morgan fingerprint density at radius 2 is 1.74 bits per heavy atom. The second-order valence-corrected chi connectivity index (χ2v) is 8.29. The minimum Gasteiger partial charge on any atom is -0.488 e. The molecule has 178 valence electrons. The molecular formula is C26H30N4O4.